The fraction of sp³-hybridized carbons (Fsp3) is 0.846. The molecule has 0 aromatic carbocycles. The van der Waals surface area contributed by atoms with Crippen molar-refractivity contribution in [3.05, 3.63) is 0 Å². The van der Waals surface area contributed by atoms with Crippen molar-refractivity contribution in [2.75, 3.05) is 6.54 Å². The third kappa shape index (κ3) is 6.47. The maximum Gasteiger partial charge on any atom is 0.317 e. The van der Waals surface area contributed by atoms with E-state index in [2.05, 4.69) is 12.2 Å². The van der Waals surface area contributed by atoms with Crippen LogP contribution in [0.2, 0.25) is 0 Å². The lowest BCUT2D eigenvalue weighted by atomic mass is 10.1. The molecule has 106 valence electrons. The Labute approximate surface area is 110 Å². The Morgan fingerprint density at radius 2 is 1.89 bits per heavy atom. The number of nitrogens with zero attached hydrogens (tertiary/aromatic N) is 1. The van der Waals surface area contributed by atoms with E-state index in [9.17, 15) is 9.59 Å². The zero-order valence-electron chi connectivity index (χ0n) is 11.9. The van der Waals surface area contributed by atoms with Crippen molar-refractivity contribution >= 4 is 12.0 Å². The second-order valence-electron chi connectivity index (χ2n) is 4.77. The summed E-state index contributed by atoms with van der Waals surface area (Å²) in [5.41, 5.74) is 0. The van der Waals surface area contributed by atoms with E-state index in [1.807, 2.05) is 20.8 Å². The Bertz CT molecular complexity index is 267. The third-order valence-corrected chi connectivity index (χ3v) is 2.91. The van der Waals surface area contributed by atoms with Gasteiger partial charge in [0.15, 0.2) is 0 Å². The van der Waals surface area contributed by atoms with Crippen molar-refractivity contribution in [3.8, 4) is 0 Å². The molecule has 0 aromatic heterocycles. The van der Waals surface area contributed by atoms with E-state index in [0.717, 1.165) is 19.3 Å². The highest BCUT2D eigenvalue weighted by molar-refractivity contribution is 5.75. The fourth-order valence-corrected chi connectivity index (χ4v) is 1.79. The van der Waals surface area contributed by atoms with Crippen LogP contribution >= 0.6 is 0 Å². The maximum atomic E-state index is 12.1. The molecule has 2 amide bonds. The van der Waals surface area contributed by atoms with Crippen LogP contribution in [0.5, 0.6) is 0 Å². The largest absolute Gasteiger partial charge is 0.481 e. The van der Waals surface area contributed by atoms with Crippen LogP contribution in [0.1, 0.15) is 53.4 Å². The summed E-state index contributed by atoms with van der Waals surface area (Å²) in [6, 6.07) is 0.0172. The molecular weight excluding hydrogens is 232 g/mol. The Balaban J connectivity index is 4.41. The minimum absolute atomic E-state index is 0.00322. The minimum atomic E-state index is -0.881. The molecule has 5 heteroatoms. The molecule has 0 fully saturated rings. The molecule has 0 aliphatic rings. The number of rotatable bonds is 8. The van der Waals surface area contributed by atoms with Gasteiger partial charge in [-0.25, -0.2) is 4.79 Å². The second kappa shape index (κ2) is 8.78. The molecule has 1 atom stereocenters. The van der Waals surface area contributed by atoms with Crippen molar-refractivity contribution in [2.24, 2.45) is 0 Å². The molecular formula is C13H26N2O3. The minimum Gasteiger partial charge on any atom is -0.481 e. The molecule has 0 aromatic rings. The monoisotopic (exact) mass is 258 g/mol. The highest BCUT2D eigenvalue weighted by atomic mass is 16.4. The number of carboxylic acids is 1. The Morgan fingerprint density at radius 1 is 1.28 bits per heavy atom. The van der Waals surface area contributed by atoms with E-state index in [0.29, 0.717) is 0 Å². The number of carboxylic acid groups (broad SMARTS) is 1. The summed E-state index contributed by atoms with van der Waals surface area (Å²) in [7, 11) is 0. The van der Waals surface area contributed by atoms with Gasteiger partial charge in [-0.2, -0.15) is 0 Å². The molecule has 0 aliphatic heterocycles. The van der Waals surface area contributed by atoms with Crippen LogP contribution in [0.25, 0.3) is 0 Å². The summed E-state index contributed by atoms with van der Waals surface area (Å²) < 4.78 is 0. The van der Waals surface area contributed by atoms with Gasteiger partial charge in [0.05, 0.1) is 6.42 Å². The molecule has 2 N–H and O–H groups in total. The van der Waals surface area contributed by atoms with E-state index < -0.39 is 5.97 Å². The summed E-state index contributed by atoms with van der Waals surface area (Å²) in [5, 5.41) is 11.6. The number of urea groups is 1. The van der Waals surface area contributed by atoms with Gasteiger partial charge < -0.3 is 15.3 Å². The Hall–Kier alpha value is -1.26. The lowest BCUT2D eigenvalue weighted by Crippen LogP contribution is -2.48. The predicted octanol–water partition coefficient (Wildman–Crippen LogP) is 2.46. The van der Waals surface area contributed by atoms with Crippen molar-refractivity contribution in [1.29, 1.82) is 0 Å². The summed E-state index contributed by atoms with van der Waals surface area (Å²) in [6.45, 7) is 8.16. The third-order valence-electron chi connectivity index (χ3n) is 2.91. The zero-order chi connectivity index (χ0) is 14.1. The van der Waals surface area contributed by atoms with E-state index in [1.54, 1.807) is 4.90 Å². The van der Waals surface area contributed by atoms with Crippen LogP contribution in [-0.4, -0.2) is 40.6 Å². The van der Waals surface area contributed by atoms with Gasteiger partial charge in [-0.05, 0) is 26.7 Å². The topological polar surface area (TPSA) is 69.6 Å². The predicted molar refractivity (Wildman–Crippen MR) is 71.6 cm³/mol. The second-order valence-corrected chi connectivity index (χ2v) is 4.77. The maximum absolute atomic E-state index is 12.1. The fourth-order valence-electron chi connectivity index (χ4n) is 1.79. The molecule has 0 spiro atoms. The van der Waals surface area contributed by atoms with Crippen LogP contribution < -0.4 is 5.32 Å². The quantitative estimate of drug-likeness (QED) is 0.702. The Kier molecular flexibility index (Phi) is 8.16. The smallest absolute Gasteiger partial charge is 0.317 e. The van der Waals surface area contributed by atoms with Crippen LogP contribution in [0.4, 0.5) is 4.79 Å². The zero-order valence-corrected chi connectivity index (χ0v) is 11.9. The molecule has 0 rings (SSSR count). The lowest BCUT2D eigenvalue weighted by Gasteiger charge is -2.28. The number of aliphatic carboxylic acids is 1. The molecule has 0 saturated heterocycles. The number of hydrogen-bond acceptors (Lipinski definition) is 2. The molecule has 5 nitrogen and oxygen atoms in total. The summed E-state index contributed by atoms with van der Waals surface area (Å²) in [4.78, 5) is 24.2. The normalized spacial score (nSPS) is 12.3. The van der Waals surface area contributed by atoms with Crippen LogP contribution in [0.15, 0.2) is 0 Å². The first-order valence-electron chi connectivity index (χ1n) is 6.71. The van der Waals surface area contributed by atoms with Crippen molar-refractivity contribution in [1.82, 2.24) is 10.2 Å². The van der Waals surface area contributed by atoms with E-state index in [1.165, 1.54) is 0 Å². The van der Waals surface area contributed by atoms with Crippen molar-refractivity contribution < 1.29 is 14.7 Å². The molecule has 0 radical (unpaired) electrons. The number of carbonyl (C=O) groups excluding carboxylic acids is 1. The van der Waals surface area contributed by atoms with Gasteiger partial charge in [-0.1, -0.05) is 20.3 Å². The average molecular weight is 258 g/mol. The van der Waals surface area contributed by atoms with Gasteiger partial charge in [0.2, 0.25) is 0 Å². The average Bonchev–Trinajstić information content (AvgIpc) is 2.27. The summed E-state index contributed by atoms with van der Waals surface area (Å²) in [5.74, 6) is -0.881. The van der Waals surface area contributed by atoms with Crippen LogP contribution in [-0.2, 0) is 4.79 Å². The number of hydrogen-bond donors (Lipinski definition) is 2. The molecule has 18 heavy (non-hydrogen) atoms. The first-order chi connectivity index (χ1) is 8.42. The van der Waals surface area contributed by atoms with Crippen molar-refractivity contribution in [3.63, 3.8) is 0 Å². The van der Waals surface area contributed by atoms with Crippen LogP contribution in [0.3, 0.4) is 0 Å². The van der Waals surface area contributed by atoms with Crippen LogP contribution in [0, 0.1) is 0 Å². The standard InChI is InChI=1S/C13H26N2O3/c1-5-7-11(6-2)14-13(18)15(10(3)4)9-8-12(16)17/h10-11H,5-9H2,1-4H3,(H,14,18)(H,16,17). The molecule has 0 bridgehead atoms. The molecule has 1 unspecified atom stereocenters. The molecule has 0 aliphatic carbocycles. The van der Waals surface area contributed by atoms with Gasteiger partial charge >= 0.3 is 12.0 Å². The molecule has 0 heterocycles. The van der Waals surface area contributed by atoms with Crippen molar-refractivity contribution in [2.45, 2.75) is 65.5 Å². The number of amides is 2. The first-order valence-corrected chi connectivity index (χ1v) is 6.71. The summed E-state index contributed by atoms with van der Waals surface area (Å²) in [6.07, 6.45) is 2.85. The molecule has 0 saturated carbocycles. The number of carbonyl (C=O) groups is 2. The Morgan fingerprint density at radius 3 is 2.28 bits per heavy atom. The highest BCUT2D eigenvalue weighted by Gasteiger charge is 2.19. The first kappa shape index (κ1) is 16.7. The summed E-state index contributed by atoms with van der Waals surface area (Å²) >= 11 is 0. The van der Waals surface area contributed by atoms with Gasteiger partial charge in [0.1, 0.15) is 0 Å². The van der Waals surface area contributed by atoms with Gasteiger partial charge in [-0.3, -0.25) is 4.79 Å². The highest BCUT2D eigenvalue weighted by Crippen LogP contribution is 2.05. The number of nitrogens with one attached hydrogen (secondary N) is 1. The van der Waals surface area contributed by atoms with Gasteiger partial charge in [0, 0.05) is 18.6 Å². The SMILES string of the molecule is CCCC(CC)NC(=O)N(CCC(=O)O)C(C)C. The van der Waals surface area contributed by atoms with Gasteiger partial charge in [0.25, 0.3) is 0 Å². The van der Waals surface area contributed by atoms with Gasteiger partial charge in [-0.15, -0.1) is 0 Å². The van der Waals surface area contributed by atoms with E-state index in [4.69, 9.17) is 5.11 Å². The lowest BCUT2D eigenvalue weighted by molar-refractivity contribution is -0.137. The van der Waals surface area contributed by atoms with E-state index >= 15 is 0 Å². The van der Waals surface area contributed by atoms with E-state index in [-0.39, 0.29) is 31.1 Å².